The second-order valence-corrected chi connectivity index (χ2v) is 6.49. The van der Waals surface area contributed by atoms with E-state index in [0.29, 0.717) is 5.13 Å². The van der Waals surface area contributed by atoms with Crippen molar-refractivity contribution in [3.63, 3.8) is 0 Å². The molecule has 0 radical (unpaired) electrons. The Morgan fingerprint density at radius 1 is 1.58 bits per heavy atom. The third kappa shape index (κ3) is 1.63. The van der Waals surface area contributed by atoms with Gasteiger partial charge in [0, 0.05) is 29.5 Å². The molecule has 1 saturated carbocycles. The highest BCUT2D eigenvalue weighted by Crippen LogP contribution is 2.57. The number of carbonyl (C=O) groups excluding carboxylic acids is 1. The second-order valence-electron chi connectivity index (χ2n) is 5.75. The molecule has 7 nitrogen and oxygen atoms in total. The topological polar surface area (TPSA) is 103 Å². The average molecular weight is 283 g/mol. The standard InChI is InChI=1S/C11H17N5O2S/c1-10(2)7-6(4-3-5-18-7)11(10,12)8(17)13-9-14-15-16-19-9/h6-7H,3-5,12H2,1-2H3,(H,13,14,16,17). The van der Waals surface area contributed by atoms with Crippen molar-refractivity contribution in [2.24, 2.45) is 17.1 Å². The van der Waals surface area contributed by atoms with Crippen molar-refractivity contribution in [1.29, 1.82) is 0 Å². The van der Waals surface area contributed by atoms with Crippen LogP contribution in [0.5, 0.6) is 0 Å². The predicted molar refractivity (Wildman–Crippen MR) is 69.5 cm³/mol. The van der Waals surface area contributed by atoms with Crippen LogP contribution in [0.25, 0.3) is 0 Å². The quantitative estimate of drug-likeness (QED) is 0.814. The van der Waals surface area contributed by atoms with E-state index in [4.69, 9.17) is 10.5 Å². The summed E-state index contributed by atoms with van der Waals surface area (Å²) in [4.78, 5) is 12.5. The van der Waals surface area contributed by atoms with Crippen molar-refractivity contribution in [3.05, 3.63) is 0 Å². The number of nitrogens with one attached hydrogen (secondary N) is 1. The maximum absolute atomic E-state index is 12.5. The van der Waals surface area contributed by atoms with Crippen LogP contribution in [0.1, 0.15) is 26.7 Å². The highest BCUT2D eigenvalue weighted by Gasteiger charge is 2.70. The van der Waals surface area contributed by atoms with Crippen LogP contribution in [-0.4, -0.2) is 39.0 Å². The summed E-state index contributed by atoms with van der Waals surface area (Å²) in [7, 11) is 0. The molecule has 19 heavy (non-hydrogen) atoms. The van der Waals surface area contributed by atoms with Gasteiger partial charge in [0.1, 0.15) is 5.54 Å². The van der Waals surface area contributed by atoms with E-state index < -0.39 is 5.54 Å². The Kier molecular flexibility index (Phi) is 2.84. The van der Waals surface area contributed by atoms with Crippen LogP contribution in [-0.2, 0) is 9.53 Å². The zero-order valence-corrected chi connectivity index (χ0v) is 11.7. The predicted octanol–water partition coefficient (Wildman–Crippen LogP) is 0.404. The van der Waals surface area contributed by atoms with Gasteiger partial charge in [-0.25, -0.2) is 0 Å². The monoisotopic (exact) mass is 283 g/mol. The first-order valence-electron chi connectivity index (χ1n) is 6.35. The van der Waals surface area contributed by atoms with E-state index >= 15 is 0 Å². The summed E-state index contributed by atoms with van der Waals surface area (Å²) in [5.41, 5.74) is 5.12. The van der Waals surface area contributed by atoms with Crippen LogP contribution in [0.3, 0.4) is 0 Å². The largest absolute Gasteiger partial charge is 0.377 e. The molecule has 3 atom stereocenters. The van der Waals surface area contributed by atoms with Crippen LogP contribution < -0.4 is 11.1 Å². The molecule has 1 aliphatic carbocycles. The molecule has 3 unspecified atom stereocenters. The van der Waals surface area contributed by atoms with Gasteiger partial charge in [0.25, 0.3) is 0 Å². The second kappa shape index (κ2) is 4.19. The van der Waals surface area contributed by atoms with Crippen molar-refractivity contribution in [2.45, 2.75) is 38.3 Å². The van der Waals surface area contributed by atoms with E-state index in [1.807, 2.05) is 13.8 Å². The van der Waals surface area contributed by atoms with Gasteiger partial charge in [-0.05, 0) is 18.1 Å². The lowest BCUT2D eigenvalue weighted by Crippen LogP contribution is -2.81. The van der Waals surface area contributed by atoms with Gasteiger partial charge in [-0.2, -0.15) is 0 Å². The number of hydrogen-bond acceptors (Lipinski definition) is 7. The number of nitrogens with two attached hydrogens (primary N) is 1. The molecule has 0 aromatic carbocycles. The summed E-state index contributed by atoms with van der Waals surface area (Å²) in [6.45, 7) is 4.72. The minimum absolute atomic E-state index is 0.0598. The molecule has 1 aromatic rings. The summed E-state index contributed by atoms with van der Waals surface area (Å²) in [6.07, 6.45) is 1.93. The molecule has 2 fully saturated rings. The molecule has 0 spiro atoms. The Morgan fingerprint density at radius 3 is 3.05 bits per heavy atom. The van der Waals surface area contributed by atoms with E-state index in [-0.39, 0.29) is 23.3 Å². The number of ether oxygens (including phenoxy) is 1. The fourth-order valence-corrected chi connectivity index (χ4v) is 3.78. The first-order valence-corrected chi connectivity index (χ1v) is 7.12. The molecule has 1 amide bonds. The molecular weight excluding hydrogens is 266 g/mol. The fourth-order valence-electron chi connectivity index (χ4n) is 3.42. The number of aromatic nitrogens is 3. The van der Waals surface area contributed by atoms with E-state index in [2.05, 4.69) is 20.1 Å². The number of amides is 1. The zero-order chi connectivity index (χ0) is 13.7. The summed E-state index contributed by atoms with van der Waals surface area (Å²) >= 11 is 1.04. The molecule has 8 heteroatoms. The molecule has 1 aromatic heterocycles. The molecule has 1 saturated heterocycles. The Labute approximate surface area is 115 Å². The molecule has 3 rings (SSSR count). The minimum Gasteiger partial charge on any atom is -0.377 e. The Hall–Kier alpha value is -1.12. The highest BCUT2D eigenvalue weighted by molar-refractivity contribution is 7.09. The van der Waals surface area contributed by atoms with Gasteiger partial charge in [0.05, 0.1) is 6.10 Å². The van der Waals surface area contributed by atoms with Crippen molar-refractivity contribution >= 4 is 22.6 Å². The van der Waals surface area contributed by atoms with Crippen LogP contribution in [0.4, 0.5) is 5.13 Å². The lowest BCUT2D eigenvalue weighted by Gasteiger charge is -2.64. The van der Waals surface area contributed by atoms with E-state index in [0.717, 1.165) is 31.0 Å². The molecule has 3 N–H and O–H groups in total. The maximum atomic E-state index is 12.5. The van der Waals surface area contributed by atoms with E-state index in [9.17, 15) is 4.79 Å². The normalized spacial score (nSPS) is 36.2. The Morgan fingerprint density at radius 2 is 2.37 bits per heavy atom. The molecule has 0 bridgehead atoms. The lowest BCUT2D eigenvalue weighted by molar-refractivity contribution is -0.222. The number of anilines is 1. The third-order valence-corrected chi connectivity index (χ3v) is 5.09. The highest BCUT2D eigenvalue weighted by atomic mass is 32.1. The molecule has 2 aliphatic rings. The third-order valence-electron chi connectivity index (χ3n) is 4.58. The summed E-state index contributed by atoms with van der Waals surface area (Å²) in [6, 6.07) is 0. The number of hydrogen-bond donors (Lipinski definition) is 2. The molecular formula is C11H17N5O2S. The fraction of sp³-hybridized carbons (Fsp3) is 0.818. The Bertz CT molecular complexity index is 491. The van der Waals surface area contributed by atoms with Crippen molar-refractivity contribution in [2.75, 3.05) is 11.9 Å². The van der Waals surface area contributed by atoms with Gasteiger partial charge in [0.2, 0.25) is 11.0 Å². The van der Waals surface area contributed by atoms with Crippen LogP contribution >= 0.6 is 11.5 Å². The SMILES string of the molecule is CC1(C)C2OCCCC2C1(N)C(=O)Nc1nnns1. The van der Waals surface area contributed by atoms with Gasteiger partial charge in [-0.15, -0.1) is 0 Å². The summed E-state index contributed by atoms with van der Waals surface area (Å²) < 4.78 is 9.39. The van der Waals surface area contributed by atoms with Gasteiger partial charge in [-0.1, -0.05) is 23.4 Å². The van der Waals surface area contributed by atoms with Crippen molar-refractivity contribution in [1.82, 2.24) is 14.8 Å². The van der Waals surface area contributed by atoms with Crippen molar-refractivity contribution < 1.29 is 9.53 Å². The number of nitrogens with zero attached hydrogens (tertiary/aromatic N) is 3. The van der Waals surface area contributed by atoms with E-state index in [1.54, 1.807) is 0 Å². The van der Waals surface area contributed by atoms with Crippen LogP contribution in [0.2, 0.25) is 0 Å². The van der Waals surface area contributed by atoms with Gasteiger partial charge in [-0.3, -0.25) is 10.1 Å². The summed E-state index contributed by atoms with van der Waals surface area (Å²) in [5.74, 6) is -0.153. The van der Waals surface area contributed by atoms with Crippen LogP contribution in [0, 0.1) is 11.3 Å². The minimum atomic E-state index is -0.927. The zero-order valence-electron chi connectivity index (χ0n) is 10.9. The molecule has 104 valence electrons. The maximum Gasteiger partial charge on any atom is 0.247 e. The van der Waals surface area contributed by atoms with Gasteiger partial charge < -0.3 is 10.5 Å². The smallest absolute Gasteiger partial charge is 0.247 e. The number of rotatable bonds is 2. The molecule has 2 heterocycles. The Balaban J connectivity index is 1.83. The van der Waals surface area contributed by atoms with Gasteiger partial charge in [0.15, 0.2) is 0 Å². The molecule has 1 aliphatic heterocycles. The van der Waals surface area contributed by atoms with Crippen molar-refractivity contribution in [3.8, 4) is 0 Å². The number of carbonyl (C=O) groups is 1. The van der Waals surface area contributed by atoms with E-state index in [1.165, 1.54) is 0 Å². The van der Waals surface area contributed by atoms with Gasteiger partial charge >= 0.3 is 0 Å². The van der Waals surface area contributed by atoms with Crippen LogP contribution in [0.15, 0.2) is 0 Å². The number of fused-ring (bicyclic) bond motifs is 1. The lowest BCUT2D eigenvalue weighted by atomic mass is 9.46. The summed E-state index contributed by atoms with van der Waals surface area (Å²) in [5, 5.41) is 10.3. The first-order chi connectivity index (χ1) is 8.98. The first kappa shape index (κ1) is 12.9. The average Bonchev–Trinajstić information content (AvgIpc) is 2.90.